The molecular formula is C7H9ClO. The van der Waals surface area contributed by atoms with Crippen LogP contribution < -0.4 is 0 Å². The highest BCUT2D eigenvalue weighted by Crippen LogP contribution is 2.14. The molecule has 0 rings (SSSR count). The van der Waals surface area contributed by atoms with Crippen molar-refractivity contribution >= 4 is 11.6 Å². The van der Waals surface area contributed by atoms with Crippen LogP contribution in [0.5, 0.6) is 0 Å². The lowest BCUT2D eigenvalue weighted by atomic mass is 10.2. The Hall–Kier alpha value is -0.690. The number of aliphatic hydroxyl groups excluding tert-OH is 1. The Labute approximate surface area is 60.0 Å². The van der Waals surface area contributed by atoms with Gasteiger partial charge in [-0.15, -0.1) is 0 Å². The van der Waals surface area contributed by atoms with Gasteiger partial charge < -0.3 is 5.11 Å². The van der Waals surface area contributed by atoms with Crippen LogP contribution in [-0.2, 0) is 0 Å². The van der Waals surface area contributed by atoms with E-state index < -0.39 is 0 Å². The fourth-order valence-corrected chi connectivity index (χ4v) is 0.400. The molecule has 0 spiro atoms. The summed E-state index contributed by atoms with van der Waals surface area (Å²) in [5.74, 6) is -0.0140. The Bertz CT molecular complexity index is 168. The van der Waals surface area contributed by atoms with E-state index in [1.807, 2.05) is 0 Å². The molecule has 0 unspecified atom stereocenters. The maximum atomic E-state index is 8.74. The summed E-state index contributed by atoms with van der Waals surface area (Å²) in [7, 11) is 0. The second-order valence-corrected chi connectivity index (χ2v) is 2.03. The van der Waals surface area contributed by atoms with E-state index in [9.17, 15) is 0 Å². The van der Waals surface area contributed by atoms with E-state index in [1.165, 1.54) is 6.08 Å². The molecule has 1 nitrogen and oxygen atoms in total. The molecule has 50 valence electrons. The summed E-state index contributed by atoms with van der Waals surface area (Å²) >= 11 is 5.55. The van der Waals surface area contributed by atoms with Crippen LogP contribution in [0.15, 0.2) is 35.6 Å². The lowest BCUT2D eigenvalue weighted by molar-refractivity contribution is 0.426. The molecule has 0 fully saturated rings. The van der Waals surface area contributed by atoms with Crippen molar-refractivity contribution in [2.24, 2.45) is 0 Å². The molecule has 0 amide bonds. The van der Waals surface area contributed by atoms with Crippen LogP contribution in [0, 0.1) is 0 Å². The summed E-state index contributed by atoms with van der Waals surface area (Å²) in [6, 6.07) is 0. The summed E-state index contributed by atoms with van der Waals surface area (Å²) in [6.45, 7) is 8.38. The minimum absolute atomic E-state index is 0.0140. The fraction of sp³-hybridized carbons (Fsp3) is 0.143. The van der Waals surface area contributed by atoms with E-state index in [0.29, 0.717) is 10.6 Å². The van der Waals surface area contributed by atoms with Crippen molar-refractivity contribution in [2.45, 2.75) is 6.92 Å². The Kier molecular flexibility index (Phi) is 3.10. The average molecular weight is 145 g/mol. The van der Waals surface area contributed by atoms with Crippen LogP contribution in [0.1, 0.15) is 6.92 Å². The third kappa shape index (κ3) is 2.38. The predicted molar refractivity (Wildman–Crippen MR) is 40.5 cm³/mol. The summed E-state index contributed by atoms with van der Waals surface area (Å²) < 4.78 is 0. The molecule has 0 saturated carbocycles. The minimum Gasteiger partial charge on any atom is -0.508 e. The summed E-state index contributed by atoms with van der Waals surface area (Å²) in [4.78, 5) is 0. The number of hydrogen-bond donors (Lipinski definition) is 1. The number of allylic oxidation sites excluding steroid dienone is 3. The maximum absolute atomic E-state index is 8.74. The summed E-state index contributed by atoms with van der Waals surface area (Å²) in [5.41, 5.74) is 0.562. The summed E-state index contributed by atoms with van der Waals surface area (Å²) in [6.07, 6.45) is 1.46. The molecule has 1 N–H and O–H groups in total. The Balaban J connectivity index is 4.47. The molecule has 0 aromatic carbocycles. The topological polar surface area (TPSA) is 20.2 Å². The van der Waals surface area contributed by atoms with Gasteiger partial charge in [0.05, 0.1) is 0 Å². The van der Waals surface area contributed by atoms with E-state index in [4.69, 9.17) is 16.7 Å². The van der Waals surface area contributed by atoms with E-state index in [1.54, 1.807) is 6.92 Å². The standard InChI is InChI=1S/C7H9ClO/c1-4-7(8)5(2)6(3)9/h4,9H,1,3H2,2H3/b7-5+. The smallest absolute Gasteiger partial charge is 0.112 e. The fourth-order valence-electron chi connectivity index (χ4n) is 0.291. The minimum atomic E-state index is -0.0140. The Morgan fingerprint density at radius 3 is 2.22 bits per heavy atom. The molecule has 0 heterocycles. The van der Waals surface area contributed by atoms with Crippen molar-refractivity contribution < 1.29 is 5.11 Å². The van der Waals surface area contributed by atoms with Crippen molar-refractivity contribution in [3.05, 3.63) is 35.6 Å². The van der Waals surface area contributed by atoms with E-state index in [0.717, 1.165) is 0 Å². The van der Waals surface area contributed by atoms with Crippen LogP contribution in [0.4, 0.5) is 0 Å². The lowest BCUT2D eigenvalue weighted by Gasteiger charge is -1.96. The molecule has 0 aliphatic rings. The lowest BCUT2D eigenvalue weighted by Crippen LogP contribution is -1.81. The van der Waals surface area contributed by atoms with Gasteiger partial charge in [-0.3, -0.25) is 0 Å². The molecule has 0 atom stereocenters. The number of aliphatic hydroxyl groups is 1. The third-order valence-electron chi connectivity index (χ3n) is 0.970. The number of rotatable bonds is 2. The first-order valence-corrected chi connectivity index (χ1v) is 2.84. The largest absolute Gasteiger partial charge is 0.508 e. The Morgan fingerprint density at radius 1 is 1.67 bits per heavy atom. The highest BCUT2D eigenvalue weighted by atomic mass is 35.5. The van der Waals surface area contributed by atoms with Gasteiger partial charge >= 0.3 is 0 Å². The second-order valence-electron chi connectivity index (χ2n) is 1.62. The zero-order valence-corrected chi connectivity index (χ0v) is 6.07. The van der Waals surface area contributed by atoms with Gasteiger partial charge in [-0.1, -0.05) is 30.8 Å². The van der Waals surface area contributed by atoms with Crippen LogP contribution >= 0.6 is 11.6 Å². The van der Waals surface area contributed by atoms with Crippen LogP contribution in [0.25, 0.3) is 0 Å². The first-order chi connectivity index (χ1) is 4.09. The second kappa shape index (κ2) is 3.36. The van der Waals surface area contributed by atoms with E-state index in [2.05, 4.69) is 13.2 Å². The Morgan fingerprint density at radius 2 is 2.11 bits per heavy atom. The van der Waals surface area contributed by atoms with Gasteiger partial charge in [-0.2, -0.15) is 0 Å². The van der Waals surface area contributed by atoms with Gasteiger partial charge in [0.25, 0.3) is 0 Å². The monoisotopic (exact) mass is 144 g/mol. The zero-order chi connectivity index (χ0) is 7.44. The normalized spacial score (nSPS) is 12.2. The molecule has 0 radical (unpaired) electrons. The predicted octanol–water partition coefficient (Wildman–Crippen LogP) is 2.76. The number of halogens is 1. The molecule has 0 bridgehead atoms. The number of hydrogen-bond acceptors (Lipinski definition) is 1. The van der Waals surface area contributed by atoms with Crippen molar-refractivity contribution in [3.8, 4) is 0 Å². The maximum Gasteiger partial charge on any atom is 0.112 e. The SMILES string of the molecule is C=C/C(Cl)=C(/C)C(=C)O. The van der Waals surface area contributed by atoms with Gasteiger partial charge in [0.15, 0.2) is 0 Å². The molecule has 0 aliphatic carbocycles. The van der Waals surface area contributed by atoms with Crippen LogP contribution in [0.3, 0.4) is 0 Å². The highest BCUT2D eigenvalue weighted by molar-refractivity contribution is 6.31. The van der Waals surface area contributed by atoms with Gasteiger partial charge in [0.1, 0.15) is 5.76 Å². The van der Waals surface area contributed by atoms with Crippen LogP contribution in [-0.4, -0.2) is 5.11 Å². The summed E-state index contributed by atoms with van der Waals surface area (Å²) in [5, 5.41) is 9.17. The van der Waals surface area contributed by atoms with E-state index in [-0.39, 0.29) is 5.76 Å². The van der Waals surface area contributed by atoms with Gasteiger partial charge in [0, 0.05) is 10.6 Å². The molecule has 0 saturated heterocycles. The molecule has 0 aliphatic heterocycles. The first-order valence-electron chi connectivity index (χ1n) is 2.46. The zero-order valence-electron chi connectivity index (χ0n) is 5.32. The van der Waals surface area contributed by atoms with Gasteiger partial charge in [-0.05, 0) is 6.92 Å². The van der Waals surface area contributed by atoms with Crippen LogP contribution in [0.2, 0.25) is 0 Å². The molecule has 0 aromatic rings. The molecule has 9 heavy (non-hydrogen) atoms. The van der Waals surface area contributed by atoms with Crippen molar-refractivity contribution in [2.75, 3.05) is 0 Å². The third-order valence-corrected chi connectivity index (χ3v) is 1.41. The van der Waals surface area contributed by atoms with Crippen molar-refractivity contribution in [1.29, 1.82) is 0 Å². The molecular weight excluding hydrogens is 136 g/mol. The molecule has 2 heteroatoms. The highest BCUT2D eigenvalue weighted by Gasteiger charge is 1.95. The molecule has 0 aromatic heterocycles. The average Bonchev–Trinajstić information content (AvgIpc) is 1.84. The van der Waals surface area contributed by atoms with Crippen molar-refractivity contribution in [1.82, 2.24) is 0 Å². The van der Waals surface area contributed by atoms with Gasteiger partial charge in [-0.25, -0.2) is 0 Å². The van der Waals surface area contributed by atoms with E-state index >= 15 is 0 Å². The van der Waals surface area contributed by atoms with Crippen molar-refractivity contribution in [3.63, 3.8) is 0 Å². The van der Waals surface area contributed by atoms with Gasteiger partial charge in [0.2, 0.25) is 0 Å². The quantitative estimate of drug-likeness (QED) is 0.467. The first kappa shape index (κ1) is 8.31.